The third-order valence-electron chi connectivity index (χ3n) is 3.40. The highest BCUT2D eigenvalue weighted by molar-refractivity contribution is 5.07. The van der Waals surface area contributed by atoms with Gasteiger partial charge in [0.1, 0.15) is 17.6 Å². The minimum atomic E-state index is -0.326. The SMILES string of the molecule is NC1(C2CCC3(N)OC3C2)CO1. The summed E-state index contributed by atoms with van der Waals surface area (Å²) < 4.78 is 10.6. The molecule has 3 rings (SSSR count). The van der Waals surface area contributed by atoms with Gasteiger partial charge in [0.25, 0.3) is 0 Å². The predicted octanol–water partition coefficient (Wildman–Crippen LogP) is -0.475. The molecule has 1 saturated carbocycles. The van der Waals surface area contributed by atoms with Crippen molar-refractivity contribution in [2.45, 2.75) is 36.8 Å². The van der Waals surface area contributed by atoms with E-state index >= 15 is 0 Å². The molecule has 4 heteroatoms. The summed E-state index contributed by atoms with van der Waals surface area (Å²) >= 11 is 0. The maximum Gasteiger partial charge on any atom is 0.143 e. The van der Waals surface area contributed by atoms with Crippen molar-refractivity contribution < 1.29 is 9.47 Å². The van der Waals surface area contributed by atoms with Gasteiger partial charge in [-0.1, -0.05) is 0 Å². The van der Waals surface area contributed by atoms with Crippen LogP contribution in [0.25, 0.3) is 0 Å². The molecule has 0 aromatic rings. The normalized spacial score (nSPS) is 62.5. The lowest BCUT2D eigenvalue weighted by Gasteiger charge is -2.24. The molecule has 4 N–H and O–H groups in total. The van der Waals surface area contributed by atoms with E-state index in [1.807, 2.05) is 0 Å². The first kappa shape index (κ1) is 7.26. The number of nitrogens with two attached hydrogens (primary N) is 2. The van der Waals surface area contributed by atoms with Gasteiger partial charge in [-0.25, -0.2) is 0 Å². The molecule has 0 aromatic carbocycles. The van der Waals surface area contributed by atoms with Gasteiger partial charge in [-0.3, -0.25) is 0 Å². The number of hydrogen-bond donors (Lipinski definition) is 2. The molecule has 0 amide bonds. The number of rotatable bonds is 1. The van der Waals surface area contributed by atoms with E-state index in [0.29, 0.717) is 12.5 Å². The Labute approximate surface area is 71.2 Å². The number of epoxide rings is 2. The van der Waals surface area contributed by atoms with E-state index in [1.54, 1.807) is 0 Å². The number of hydrogen-bond acceptors (Lipinski definition) is 4. The Balaban J connectivity index is 1.70. The molecule has 4 atom stereocenters. The summed E-state index contributed by atoms with van der Waals surface area (Å²) in [4.78, 5) is 0. The molecule has 12 heavy (non-hydrogen) atoms. The highest BCUT2D eigenvalue weighted by atomic mass is 16.6. The van der Waals surface area contributed by atoms with Crippen LogP contribution in [-0.4, -0.2) is 24.2 Å². The van der Waals surface area contributed by atoms with Crippen LogP contribution >= 0.6 is 0 Å². The van der Waals surface area contributed by atoms with E-state index in [9.17, 15) is 0 Å². The van der Waals surface area contributed by atoms with Crippen LogP contribution in [-0.2, 0) is 9.47 Å². The first-order valence-electron chi connectivity index (χ1n) is 4.52. The van der Waals surface area contributed by atoms with Crippen molar-refractivity contribution in [1.82, 2.24) is 0 Å². The lowest BCUT2D eigenvalue weighted by atomic mass is 9.82. The zero-order valence-corrected chi connectivity index (χ0v) is 6.95. The van der Waals surface area contributed by atoms with Gasteiger partial charge in [0.05, 0.1) is 6.61 Å². The quantitative estimate of drug-likeness (QED) is 0.521. The summed E-state index contributed by atoms with van der Waals surface area (Å²) in [5.41, 5.74) is 11.2. The molecule has 0 aromatic heterocycles. The summed E-state index contributed by atoms with van der Waals surface area (Å²) in [5.74, 6) is 0.460. The lowest BCUT2D eigenvalue weighted by molar-refractivity contribution is 0.179. The smallest absolute Gasteiger partial charge is 0.143 e. The average molecular weight is 170 g/mol. The van der Waals surface area contributed by atoms with Crippen molar-refractivity contribution in [3.63, 3.8) is 0 Å². The van der Waals surface area contributed by atoms with Crippen LogP contribution in [0.2, 0.25) is 0 Å². The summed E-state index contributed by atoms with van der Waals surface area (Å²) in [6.07, 6.45) is 3.21. The van der Waals surface area contributed by atoms with Crippen LogP contribution in [0.4, 0.5) is 0 Å². The van der Waals surface area contributed by atoms with Crippen LogP contribution in [0.3, 0.4) is 0 Å². The molecule has 2 saturated heterocycles. The maximum atomic E-state index is 5.93. The zero-order valence-electron chi connectivity index (χ0n) is 6.95. The van der Waals surface area contributed by atoms with Gasteiger partial charge < -0.3 is 20.9 Å². The van der Waals surface area contributed by atoms with Gasteiger partial charge in [0.15, 0.2) is 0 Å². The zero-order chi connectivity index (χ0) is 8.40. The molecule has 4 nitrogen and oxygen atoms in total. The lowest BCUT2D eigenvalue weighted by Crippen LogP contribution is -2.41. The molecule has 0 bridgehead atoms. The average Bonchev–Trinajstić information content (AvgIpc) is 2.86. The van der Waals surface area contributed by atoms with Crippen LogP contribution in [0, 0.1) is 5.92 Å². The van der Waals surface area contributed by atoms with Gasteiger partial charge in [-0.2, -0.15) is 0 Å². The molecule has 68 valence electrons. The van der Waals surface area contributed by atoms with Gasteiger partial charge in [-0.05, 0) is 19.3 Å². The second-order valence-corrected chi connectivity index (χ2v) is 4.28. The molecule has 2 aliphatic heterocycles. The Kier molecular flexibility index (Phi) is 1.12. The van der Waals surface area contributed by atoms with E-state index in [-0.39, 0.29) is 17.6 Å². The van der Waals surface area contributed by atoms with Crippen LogP contribution in [0.15, 0.2) is 0 Å². The summed E-state index contributed by atoms with van der Waals surface area (Å²) in [5, 5.41) is 0. The topological polar surface area (TPSA) is 77.1 Å². The van der Waals surface area contributed by atoms with Crippen LogP contribution in [0.1, 0.15) is 19.3 Å². The molecule has 2 heterocycles. The molecular formula is C8H14N2O2. The summed E-state index contributed by atoms with van der Waals surface area (Å²) in [6, 6.07) is 0. The highest BCUT2D eigenvalue weighted by Gasteiger charge is 2.61. The van der Waals surface area contributed by atoms with Crippen molar-refractivity contribution in [3.8, 4) is 0 Å². The third kappa shape index (κ3) is 0.864. The van der Waals surface area contributed by atoms with Crippen LogP contribution < -0.4 is 11.5 Å². The van der Waals surface area contributed by atoms with E-state index in [4.69, 9.17) is 20.9 Å². The fourth-order valence-electron chi connectivity index (χ4n) is 2.24. The van der Waals surface area contributed by atoms with Crippen molar-refractivity contribution in [2.75, 3.05) is 6.61 Å². The molecular weight excluding hydrogens is 156 g/mol. The first-order valence-corrected chi connectivity index (χ1v) is 4.52. The van der Waals surface area contributed by atoms with Crippen LogP contribution in [0.5, 0.6) is 0 Å². The number of fused-ring (bicyclic) bond motifs is 1. The molecule has 0 spiro atoms. The molecule has 3 fully saturated rings. The highest BCUT2D eigenvalue weighted by Crippen LogP contribution is 2.50. The van der Waals surface area contributed by atoms with Crippen molar-refractivity contribution >= 4 is 0 Å². The molecule has 4 unspecified atom stereocenters. The molecule has 0 radical (unpaired) electrons. The Morgan fingerprint density at radius 3 is 2.58 bits per heavy atom. The Hall–Kier alpha value is -0.160. The second kappa shape index (κ2) is 1.85. The van der Waals surface area contributed by atoms with Crippen molar-refractivity contribution in [1.29, 1.82) is 0 Å². The number of ether oxygens (including phenoxy) is 2. The minimum absolute atomic E-state index is 0.251. The first-order chi connectivity index (χ1) is 5.62. The van der Waals surface area contributed by atoms with Crippen molar-refractivity contribution in [2.24, 2.45) is 17.4 Å². The van der Waals surface area contributed by atoms with Gasteiger partial charge in [-0.15, -0.1) is 0 Å². The maximum absolute atomic E-state index is 5.93. The predicted molar refractivity (Wildman–Crippen MR) is 42.0 cm³/mol. The Morgan fingerprint density at radius 1 is 1.25 bits per heavy atom. The van der Waals surface area contributed by atoms with E-state index in [2.05, 4.69) is 0 Å². The standard InChI is InChI=1S/C8H14N2O2/c9-7-2-1-5(3-6(7)12-7)8(10)4-11-8/h5-6H,1-4,9-10H2. The third-order valence-corrected chi connectivity index (χ3v) is 3.40. The summed E-state index contributed by atoms with van der Waals surface area (Å²) in [6.45, 7) is 0.710. The summed E-state index contributed by atoms with van der Waals surface area (Å²) in [7, 11) is 0. The monoisotopic (exact) mass is 170 g/mol. The van der Waals surface area contributed by atoms with Gasteiger partial charge in [0.2, 0.25) is 0 Å². The molecule has 1 aliphatic carbocycles. The van der Waals surface area contributed by atoms with Gasteiger partial charge >= 0.3 is 0 Å². The second-order valence-electron chi connectivity index (χ2n) is 4.28. The fourth-order valence-corrected chi connectivity index (χ4v) is 2.24. The molecule has 3 aliphatic rings. The fraction of sp³-hybridized carbons (Fsp3) is 1.00. The Morgan fingerprint density at radius 2 is 2.00 bits per heavy atom. The largest absolute Gasteiger partial charge is 0.354 e. The van der Waals surface area contributed by atoms with Gasteiger partial charge in [0, 0.05) is 5.92 Å². The van der Waals surface area contributed by atoms with Crippen molar-refractivity contribution in [3.05, 3.63) is 0 Å². The van der Waals surface area contributed by atoms with E-state index in [0.717, 1.165) is 19.3 Å². The minimum Gasteiger partial charge on any atom is -0.354 e. The van der Waals surface area contributed by atoms with E-state index < -0.39 is 0 Å². The van der Waals surface area contributed by atoms with E-state index in [1.165, 1.54) is 0 Å². The Bertz CT molecular complexity index is 229.